The summed E-state index contributed by atoms with van der Waals surface area (Å²) in [7, 11) is -3.69. The van der Waals surface area contributed by atoms with Crippen molar-refractivity contribution in [3.05, 3.63) is 30.3 Å². The van der Waals surface area contributed by atoms with Gasteiger partial charge >= 0.3 is 0 Å². The molecule has 2 rings (SSSR count). The summed E-state index contributed by atoms with van der Waals surface area (Å²) < 4.78 is 26.3. The minimum Gasteiger partial charge on any atom is -0.354 e. The molecule has 0 aliphatic carbocycles. The molecular formula is C13H17N3O4S. The highest BCUT2D eigenvalue weighted by Crippen LogP contribution is 2.07. The largest absolute Gasteiger partial charge is 0.354 e. The van der Waals surface area contributed by atoms with Crippen LogP contribution in [-0.2, 0) is 19.6 Å². The van der Waals surface area contributed by atoms with E-state index in [2.05, 4.69) is 10.0 Å². The van der Waals surface area contributed by atoms with Gasteiger partial charge in [-0.2, -0.15) is 0 Å². The first-order chi connectivity index (χ1) is 9.99. The molecule has 0 bridgehead atoms. The minimum atomic E-state index is -3.69. The van der Waals surface area contributed by atoms with Crippen molar-refractivity contribution >= 4 is 21.8 Å². The molecule has 0 saturated carbocycles. The zero-order chi connectivity index (χ0) is 15.3. The summed E-state index contributed by atoms with van der Waals surface area (Å²) in [6.45, 7) is 0.761. The molecule has 1 aromatic rings. The number of amides is 2. The van der Waals surface area contributed by atoms with Crippen molar-refractivity contribution in [1.29, 1.82) is 0 Å². The van der Waals surface area contributed by atoms with Crippen LogP contribution in [0.25, 0.3) is 0 Å². The third kappa shape index (κ3) is 4.27. The van der Waals surface area contributed by atoms with E-state index in [0.717, 1.165) is 0 Å². The predicted molar refractivity (Wildman–Crippen MR) is 75.8 cm³/mol. The van der Waals surface area contributed by atoms with Crippen molar-refractivity contribution in [2.24, 2.45) is 0 Å². The summed E-state index contributed by atoms with van der Waals surface area (Å²) in [5, 5.41) is 2.66. The summed E-state index contributed by atoms with van der Waals surface area (Å²) in [6.07, 6.45) is 0.233. The van der Waals surface area contributed by atoms with Crippen LogP contribution in [0.5, 0.6) is 0 Å². The maximum absolute atomic E-state index is 12.0. The van der Waals surface area contributed by atoms with Gasteiger partial charge in [0.15, 0.2) is 0 Å². The second kappa shape index (κ2) is 6.68. The molecule has 0 radical (unpaired) electrons. The van der Waals surface area contributed by atoms with E-state index in [9.17, 15) is 18.0 Å². The predicted octanol–water partition coefficient (Wildman–Crippen LogP) is -0.687. The van der Waals surface area contributed by atoms with E-state index in [-0.39, 0.29) is 29.7 Å². The molecule has 0 aromatic heterocycles. The van der Waals surface area contributed by atoms with Crippen LogP contribution in [0.15, 0.2) is 35.2 Å². The van der Waals surface area contributed by atoms with Gasteiger partial charge in [-0.15, -0.1) is 0 Å². The lowest BCUT2D eigenvalue weighted by atomic mass is 10.3. The van der Waals surface area contributed by atoms with Crippen molar-refractivity contribution in [1.82, 2.24) is 14.9 Å². The second-order valence-electron chi connectivity index (χ2n) is 4.62. The van der Waals surface area contributed by atoms with E-state index in [1.165, 1.54) is 17.0 Å². The SMILES string of the molecule is O=C1CCN(C(=O)CNS(=O)(=O)c2ccccc2)CCN1. The maximum atomic E-state index is 12.0. The van der Waals surface area contributed by atoms with Gasteiger partial charge in [-0.05, 0) is 12.1 Å². The quantitative estimate of drug-likeness (QED) is 0.769. The fourth-order valence-corrected chi connectivity index (χ4v) is 2.96. The average molecular weight is 311 g/mol. The van der Waals surface area contributed by atoms with Crippen LogP contribution in [0.3, 0.4) is 0 Å². The smallest absolute Gasteiger partial charge is 0.241 e. The third-order valence-corrected chi connectivity index (χ3v) is 4.55. The third-order valence-electron chi connectivity index (χ3n) is 3.13. The molecule has 1 aliphatic heterocycles. The van der Waals surface area contributed by atoms with Crippen LogP contribution in [0.2, 0.25) is 0 Å². The number of sulfonamides is 1. The van der Waals surface area contributed by atoms with Crippen LogP contribution in [-0.4, -0.2) is 51.3 Å². The molecule has 2 amide bonds. The fourth-order valence-electron chi connectivity index (χ4n) is 1.97. The van der Waals surface area contributed by atoms with Gasteiger partial charge in [0, 0.05) is 26.1 Å². The first-order valence-electron chi connectivity index (χ1n) is 6.58. The van der Waals surface area contributed by atoms with Crippen LogP contribution >= 0.6 is 0 Å². The molecule has 8 heteroatoms. The summed E-state index contributed by atoms with van der Waals surface area (Å²) in [5.41, 5.74) is 0. The highest BCUT2D eigenvalue weighted by molar-refractivity contribution is 7.89. The number of carbonyl (C=O) groups is 2. The number of carbonyl (C=O) groups excluding carboxylic acids is 2. The lowest BCUT2D eigenvalue weighted by Crippen LogP contribution is -2.41. The highest BCUT2D eigenvalue weighted by Gasteiger charge is 2.21. The molecule has 1 aromatic carbocycles. The molecule has 1 heterocycles. The topological polar surface area (TPSA) is 95.6 Å². The van der Waals surface area contributed by atoms with Crippen molar-refractivity contribution in [2.45, 2.75) is 11.3 Å². The molecule has 2 N–H and O–H groups in total. The zero-order valence-corrected chi connectivity index (χ0v) is 12.2. The molecule has 1 fully saturated rings. The molecule has 114 valence electrons. The summed E-state index contributed by atoms with van der Waals surface area (Å²) in [6, 6.07) is 7.86. The fraction of sp³-hybridized carbons (Fsp3) is 0.385. The van der Waals surface area contributed by atoms with Gasteiger partial charge in [0.25, 0.3) is 0 Å². The number of hydrogen-bond acceptors (Lipinski definition) is 4. The molecule has 0 spiro atoms. The Hall–Kier alpha value is -1.93. The summed E-state index contributed by atoms with van der Waals surface area (Å²) >= 11 is 0. The van der Waals surface area contributed by atoms with E-state index in [0.29, 0.717) is 19.6 Å². The Morgan fingerprint density at radius 3 is 2.67 bits per heavy atom. The molecule has 0 atom stereocenters. The normalized spacial score (nSPS) is 16.2. The number of nitrogens with one attached hydrogen (secondary N) is 2. The van der Waals surface area contributed by atoms with Crippen LogP contribution in [0.1, 0.15) is 6.42 Å². The lowest BCUT2D eigenvalue weighted by Gasteiger charge is -2.19. The Morgan fingerprint density at radius 2 is 1.95 bits per heavy atom. The van der Waals surface area contributed by atoms with Crippen LogP contribution in [0.4, 0.5) is 0 Å². The van der Waals surface area contributed by atoms with Gasteiger partial charge in [-0.1, -0.05) is 18.2 Å². The van der Waals surface area contributed by atoms with Crippen molar-refractivity contribution in [3.63, 3.8) is 0 Å². The van der Waals surface area contributed by atoms with E-state index in [4.69, 9.17) is 0 Å². The summed E-state index contributed by atoms with van der Waals surface area (Å²) in [4.78, 5) is 24.8. The molecule has 0 unspecified atom stereocenters. The van der Waals surface area contributed by atoms with Gasteiger partial charge in [0.05, 0.1) is 11.4 Å². The average Bonchev–Trinajstić information content (AvgIpc) is 2.70. The Balaban J connectivity index is 1.93. The molecule has 21 heavy (non-hydrogen) atoms. The lowest BCUT2D eigenvalue weighted by molar-refractivity contribution is -0.129. The van der Waals surface area contributed by atoms with Gasteiger partial charge < -0.3 is 10.2 Å². The minimum absolute atomic E-state index is 0.102. The number of hydrogen-bond donors (Lipinski definition) is 2. The Bertz CT molecular complexity index is 616. The van der Waals surface area contributed by atoms with Crippen molar-refractivity contribution in [3.8, 4) is 0 Å². The van der Waals surface area contributed by atoms with Gasteiger partial charge in [0.2, 0.25) is 21.8 Å². The van der Waals surface area contributed by atoms with E-state index in [1.54, 1.807) is 18.2 Å². The number of benzene rings is 1. The van der Waals surface area contributed by atoms with Gasteiger partial charge in [0.1, 0.15) is 0 Å². The molecular weight excluding hydrogens is 294 g/mol. The van der Waals surface area contributed by atoms with Crippen LogP contribution < -0.4 is 10.0 Å². The Labute approximate surface area is 123 Å². The van der Waals surface area contributed by atoms with Gasteiger partial charge in [-0.3, -0.25) is 9.59 Å². The molecule has 1 aliphatic rings. The van der Waals surface area contributed by atoms with E-state index < -0.39 is 10.0 Å². The van der Waals surface area contributed by atoms with E-state index in [1.807, 2.05) is 0 Å². The Morgan fingerprint density at radius 1 is 1.24 bits per heavy atom. The number of nitrogens with zero attached hydrogens (tertiary/aromatic N) is 1. The first kappa shape index (κ1) is 15.5. The van der Waals surface area contributed by atoms with Crippen LogP contribution in [0, 0.1) is 0 Å². The van der Waals surface area contributed by atoms with Crippen molar-refractivity contribution < 1.29 is 18.0 Å². The highest BCUT2D eigenvalue weighted by atomic mass is 32.2. The first-order valence-corrected chi connectivity index (χ1v) is 8.06. The maximum Gasteiger partial charge on any atom is 0.241 e. The monoisotopic (exact) mass is 311 g/mol. The standard InChI is InChI=1S/C13H17N3O4S/c17-12-6-8-16(9-7-14-12)13(18)10-15-21(19,20)11-4-2-1-3-5-11/h1-5,15H,6-10H2,(H,14,17). The zero-order valence-electron chi connectivity index (χ0n) is 11.4. The second-order valence-corrected chi connectivity index (χ2v) is 6.39. The van der Waals surface area contributed by atoms with Gasteiger partial charge in [-0.25, -0.2) is 13.1 Å². The molecule has 7 nitrogen and oxygen atoms in total. The van der Waals surface area contributed by atoms with Crippen molar-refractivity contribution in [2.75, 3.05) is 26.2 Å². The Kier molecular flexibility index (Phi) is 4.92. The number of rotatable bonds is 4. The molecule has 1 saturated heterocycles. The van der Waals surface area contributed by atoms with E-state index >= 15 is 0 Å². The summed E-state index contributed by atoms with van der Waals surface area (Å²) in [5.74, 6) is -0.443.